The number of rotatable bonds is 70. The average Bonchev–Trinajstić information content (AvgIpc) is 2.73. The quantitative estimate of drug-likeness (QED) is 0.0222. The van der Waals surface area contributed by atoms with E-state index in [-0.39, 0.29) is 25.7 Å². The summed E-state index contributed by atoms with van der Waals surface area (Å²) in [5.41, 5.74) is 0. The fourth-order valence-corrected chi connectivity index (χ4v) is 12.3. The van der Waals surface area contributed by atoms with Crippen molar-refractivity contribution < 1.29 is 80.2 Å². The van der Waals surface area contributed by atoms with Crippen molar-refractivity contribution in [1.29, 1.82) is 0 Å². The van der Waals surface area contributed by atoms with Gasteiger partial charge in [-0.3, -0.25) is 37.3 Å². The van der Waals surface area contributed by atoms with Crippen molar-refractivity contribution in [3.05, 3.63) is 0 Å². The molecule has 0 bridgehead atoms. The van der Waals surface area contributed by atoms with E-state index in [1.165, 1.54) is 180 Å². The topological polar surface area (TPSA) is 237 Å². The van der Waals surface area contributed by atoms with Crippen LogP contribution in [0.1, 0.15) is 363 Å². The molecule has 0 fully saturated rings. The van der Waals surface area contributed by atoms with E-state index in [9.17, 15) is 43.2 Å². The lowest BCUT2D eigenvalue weighted by Gasteiger charge is -2.21. The highest BCUT2D eigenvalue weighted by Gasteiger charge is 2.30. The van der Waals surface area contributed by atoms with Crippen LogP contribution in [0.15, 0.2) is 0 Å². The van der Waals surface area contributed by atoms with Gasteiger partial charge in [-0.25, -0.2) is 9.13 Å². The Labute approximate surface area is 549 Å². The Morgan fingerprint density at radius 2 is 0.511 bits per heavy atom. The van der Waals surface area contributed by atoms with Crippen LogP contribution in [0.3, 0.4) is 0 Å². The van der Waals surface area contributed by atoms with Crippen LogP contribution >= 0.6 is 15.6 Å². The van der Waals surface area contributed by atoms with Crippen LogP contribution < -0.4 is 0 Å². The maximum atomic E-state index is 13.0. The molecular formula is C71H138O17P2. The van der Waals surface area contributed by atoms with Gasteiger partial charge in [0, 0.05) is 25.7 Å². The Morgan fingerprint density at radius 1 is 0.300 bits per heavy atom. The summed E-state index contributed by atoms with van der Waals surface area (Å²) in [6.45, 7) is 9.56. The standard InChI is InChI=1S/C71H138O17P2/c1-7-9-11-13-15-17-18-24-31-37-43-49-55-70(75)87-66(59-81-68(73)53-47-41-35-27-16-14-12-10-8-2)61-85-89(77,78)83-57-65(72)58-84-90(79,80)86-62-67(60-82-69(74)54-48-42-36-30-26-21-23-29-34-40-46-52-64(5)6)88-71(76)56-50-44-38-32-25-20-19-22-28-33-39-45-51-63(3)4/h63-67,72H,7-62H2,1-6H3,(H,77,78)(H,79,80)/t65-,66+,67+/m0/s1. The summed E-state index contributed by atoms with van der Waals surface area (Å²) in [6, 6.07) is 0. The molecule has 0 aliphatic heterocycles. The van der Waals surface area contributed by atoms with Gasteiger partial charge in [0.05, 0.1) is 26.4 Å². The van der Waals surface area contributed by atoms with Crippen molar-refractivity contribution in [3.63, 3.8) is 0 Å². The number of aliphatic hydroxyl groups is 1. The summed E-state index contributed by atoms with van der Waals surface area (Å²) >= 11 is 0. The van der Waals surface area contributed by atoms with E-state index in [0.717, 1.165) is 102 Å². The molecule has 0 rings (SSSR count). The van der Waals surface area contributed by atoms with E-state index in [2.05, 4.69) is 41.5 Å². The lowest BCUT2D eigenvalue weighted by molar-refractivity contribution is -0.161. The zero-order valence-corrected chi connectivity index (χ0v) is 60.2. The van der Waals surface area contributed by atoms with E-state index in [1.807, 2.05) is 0 Å². The van der Waals surface area contributed by atoms with Crippen LogP contribution in [-0.2, 0) is 65.4 Å². The maximum absolute atomic E-state index is 13.0. The van der Waals surface area contributed by atoms with Gasteiger partial charge >= 0.3 is 39.5 Å². The molecule has 3 N–H and O–H groups in total. The van der Waals surface area contributed by atoms with Crippen molar-refractivity contribution >= 4 is 39.5 Å². The van der Waals surface area contributed by atoms with Crippen LogP contribution in [0.2, 0.25) is 0 Å². The van der Waals surface area contributed by atoms with Gasteiger partial charge in [0.1, 0.15) is 19.3 Å². The lowest BCUT2D eigenvalue weighted by atomic mass is 10.0. The van der Waals surface area contributed by atoms with E-state index < -0.39 is 97.5 Å². The first-order valence-electron chi connectivity index (χ1n) is 37.0. The van der Waals surface area contributed by atoms with Crippen LogP contribution in [0, 0.1) is 11.8 Å². The fraction of sp³-hybridized carbons (Fsp3) is 0.944. The predicted molar refractivity (Wildman–Crippen MR) is 363 cm³/mol. The molecule has 0 spiro atoms. The molecule has 0 aliphatic rings. The highest BCUT2D eigenvalue weighted by Crippen LogP contribution is 2.45. The summed E-state index contributed by atoms with van der Waals surface area (Å²) in [5.74, 6) is -0.574. The third kappa shape index (κ3) is 64.8. The molecule has 0 aliphatic carbocycles. The largest absolute Gasteiger partial charge is 0.472 e. The third-order valence-corrected chi connectivity index (χ3v) is 18.4. The molecule has 0 saturated heterocycles. The second kappa shape index (κ2) is 63.1. The molecule has 0 heterocycles. The van der Waals surface area contributed by atoms with Crippen molar-refractivity contribution in [2.75, 3.05) is 39.6 Å². The van der Waals surface area contributed by atoms with Gasteiger partial charge in [0.2, 0.25) is 0 Å². The van der Waals surface area contributed by atoms with Crippen LogP contribution in [0.4, 0.5) is 0 Å². The van der Waals surface area contributed by atoms with Gasteiger partial charge in [0.15, 0.2) is 12.2 Å². The summed E-state index contributed by atoms with van der Waals surface area (Å²) in [6.07, 6.45) is 48.4. The van der Waals surface area contributed by atoms with E-state index >= 15 is 0 Å². The Morgan fingerprint density at radius 3 is 0.756 bits per heavy atom. The SMILES string of the molecule is CCCCCCCCCCCCCCC(=O)O[C@H](COC(=O)CCCCCCCCCCC)COP(=O)(O)OC[C@H](O)COP(=O)(O)OC[C@@H](COC(=O)CCCCCCCCCCCCCC(C)C)OC(=O)CCCCCCCCCCCCCCC(C)C. The highest BCUT2D eigenvalue weighted by molar-refractivity contribution is 7.47. The molecule has 0 radical (unpaired) electrons. The second-order valence-corrected chi connectivity index (χ2v) is 29.5. The highest BCUT2D eigenvalue weighted by atomic mass is 31.2. The molecule has 0 aromatic carbocycles. The molecule has 90 heavy (non-hydrogen) atoms. The van der Waals surface area contributed by atoms with Crippen LogP contribution in [-0.4, -0.2) is 96.7 Å². The summed E-state index contributed by atoms with van der Waals surface area (Å²) < 4.78 is 68.3. The first-order valence-corrected chi connectivity index (χ1v) is 40.0. The van der Waals surface area contributed by atoms with Crippen molar-refractivity contribution in [2.24, 2.45) is 11.8 Å². The minimum absolute atomic E-state index is 0.107. The molecule has 0 saturated carbocycles. The molecule has 0 amide bonds. The van der Waals surface area contributed by atoms with Gasteiger partial charge in [-0.1, -0.05) is 311 Å². The number of unbranched alkanes of at least 4 members (excludes halogenated alkanes) is 40. The summed E-state index contributed by atoms with van der Waals surface area (Å²) in [4.78, 5) is 72.6. The summed E-state index contributed by atoms with van der Waals surface area (Å²) in [5, 5.41) is 10.6. The van der Waals surface area contributed by atoms with Crippen molar-refractivity contribution in [3.8, 4) is 0 Å². The van der Waals surface area contributed by atoms with Gasteiger partial charge in [-0.2, -0.15) is 0 Å². The Balaban J connectivity index is 5.24. The monoisotopic (exact) mass is 1320 g/mol. The van der Waals surface area contributed by atoms with Crippen molar-refractivity contribution in [1.82, 2.24) is 0 Å². The lowest BCUT2D eigenvalue weighted by Crippen LogP contribution is -2.30. The van der Waals surface area contributed by atoms with Crippen molar-refractivity contribution in [2.45, 2.75) is 381 Å². The number of phosphoric ester groups is 2. The molecule has 534 valence electrons. The van der Waals surface area contributed by atoms with E-state index in [0.29, 0.717) is 25.7 Å². The number of phosphoric acid groups is 2. The zero-order valence-electron chi connectivity index (χ0n) is 58.4. The predicted octanol–water partition coefficient (Wildman–Crippen LogP) is 20.4. The Bertz CT molecular complexity index is 1750. The van der Waals surface area contributed by atoms with Gasteiger partial charge < -0.3 is 33.8 Å². The minimum Gasteiger partial charge on any atom is -0.462 e. The average molecular weight is 1330 g/mol. The molecule has 2 unspecified atom stereocenters. The first kappa shape index (κ1) is 88.1. The second-order valence-electron chi connectivity index (χ2n) is 26.6. The van der Waals surface area contributed by atoms with E-state index in [1.54, 1.807) is 0 Å². The molecular weight excluding hydrogens is 1190 g/mol. The number of carbonyl (C=O) groups excluding carboxylic acids is 4. The normalized spacial score (nSPS) is 14.1. The smallest absolute Gasteiger partial charge is 0.462 e. The van der Waals surface area contributed by atoms with Crippen LogP contribution in [0.25, 0.3) is 0 Å². The molecule has 5 atom stereocenters. The summed E-state index contributed by atoms with van der Waals surface area (Å²) in [7, 11) is -9.90. The van der Waals surface area contributed by atoms with Gasteiger partial charge in [-0.05, 0) is 37.5 Å². The number of esters is 4. The van der Waals surface area contributed by atoms with Gasteiger partial charge in [-0.15, -0.1) is 0 Å². The number of hydrogen-bond donors (Lipinski definition) is 3. The van der Waals surface area contributed by atoms with Crippen LogP contribution in [0.5, 0.6) is 0 Å². The molecule has 17 nitrogen and oxygen atoms in total. The van der Waals surface area contributed by atoms with E-state index in [4.69, 9.17) is 37.0 Å². The van der Waals surface area contributed by atoms with Gasteiger partial charge in [0.25, 0.3) is 0 Å². The molecule has 0 aromatic heterocycles. The third-order valence-electron chi connectivity index (χ3n) is 16.5. The minimum atomic E-state index is -4.95. The number of carbonyl (C=O) groups is 4. The number of hydrogen-bond acceptors (Lipinski definition) is 15. The molecule has 19 heteroatoms. The zero-order chi connectivity index (χ0) is 66.5. The first-order chi connectivity index (χ1) is 43.4. The Hall–Kier alpha value is -1.94. The number of ether oxygens (including phenoxy) is 4. The number of aliphatic hydroxyl groups excluding tert-OH is 1. The maximum Gasteiger partial charge on any atom is 0.472 e. The Kier molecular flexibility index (Phi) is 61.8. The molecule has 0 aromatic rings. The fourth-order valence-electron chi connectivity index (χ4n) is 10.8.